The first-order valence-corrected chi connectivity index (χ1v) is 21.5. The highest BCUT2D eigenvalue weighted by atomic mass is 16.6. The van der Waals surface area contributed by atoms with Crippen molar-refractivity contribution in [2.75, 3.05) is 72.5 Å². The second-order valence-electron chi connectivity index (χ2n) is 17.6. The summed E-state index contributed by atoms with van der Waals surface area (Å²) in [5.41, 5.74) is 6.29. The molecule has 2 unspecified atom stereocenters. The number of pyridine rings is 1. The first kappa shape index (κ1) is 42.9. The third kappa shape index (κ3) is 8.83. The molecule has 14 nitrogen and oxygen atoms in total. The van der Waals surface area contributed by atoms with Crippen molar-refractivity contribution in [1.29, 1.82) is 5.41 Å². The lowest BCUT2D eigenvalue weighted by Gasteiger charge is -2.91. The van der Waals surface area contributed by atoms with Crippen molar-refractivity contribution in [3.05, 3.63) is 68.1 Å². The van der Waals surface area contributed by atoms with Crippen LogP contribution in [0.2, 0.25) is 0 Å². The molecule has 0 bridgehead atoms. The molecular weight excluding hydrogens is 753 g/mol. The third-order valence-corrected chi connectivity index (χ3v) is 13.7. The molecule has 7 rings (SSSR count). The summed E-state index contributed by atoms with van der Waals surface area (Å²) in [6, 6.07) is 5.86. The van der Waals surface area contributed by atoms with Gasteiger partial charge in [0.2, 0.25) is 11.8 Å². The number of carbonyl (C=O) groups excluding carboxylic acids is 3. The number of nitrogens with zero attached hydrogens (tertiary/aromatic N) is 1. The van der Waals surface area contributed by atoms with Crippen LogP contribution >= 0.6 is 0 Å². The lowest BCUT2D eigenvalue weighted by atomic mass is 9.13. The van der Waals surface area contributed by atoms with Crippen LogP contribution in [-0.2, 0) is 35.1 Å². The Morgan fingerprint density at radius 3 is 2.22 bits per heavy atom. The van der Waals surface area contributed by atoms with E-state index in [-0.39, 0.29) is 49.1 Å². The SMILES string of the molecule is Cc1cc(C)c(CNC(=O)c2cc(C3=CCN(C(=O)COCCOCCOCCOCCNC(=O)CC45CC6CC7CC(C4)C765)CC3)cc([NH2+]C(C)C)c2C=N)c(=O)[nH]1. The molecule has 59 heavy (non-hydrogen) atoms. The molecule has 4 aliphatic carbocycles. The molecule has 3 amide bonds. The third-order valence-electron chi connectivity index (χ3n) is 13.7. The molecule has 2 heterocycles. The zero-order chi connectivity index (χ0) is 41.7. The van der Waals surface area contributed by atoms with Crippen LogP contribution in [0.1, 0.15) is 90.7 Å². The van der Waals surface area contributed by atoms with E-state index in [2.05, 4.69) is 15.6 Å². The average Bonchev–Trinajstić information content (AvgIpc) is 3.17. The van der Waals surface area contributed by atoms with Gasteiger partial charge in [-0.05, 0) is 117 Å². The number of amides is 3. The van der Waals surface area contributed by atoms with Gasteiger partial charge in [0.25, 0.3) is 11.5 Å². The van der Waals surface area contributed by atoms with Crippen molar-refractivity contribution < 1.29 is 38.6 Å². The molecule has 2 aromatic rings. The Morgan fingerprint density at radius 1 is 0.949 bits per heavy atom. The number of nitrogens with two attached hydrogens (primary N) is 1. The van der Waals surface area contributed by atoms with Gasteiger partial charge in [-0.1, -0.05) is 6.08 Å². The molecule has 0 saturated heterocycles. The minimum absolute atomic E-state index is 0.0426. The summed E-state index contributed by atoms with van der Waals surface area (Å²) < 4.78 is 22.4. The van der Waals surface area contributed by atoms with Gasteiger partial charge < -0.3 is 50.2 Å². The van der Waals surface area contributed by atoms with Gasteiger partial charge in [0.1, 0.15) is 12.3 Å². The van der Waals surface area contributed by atoms with E-state index in [0.29, 0.717) is 99.6 Å². The summed E-state index contributed by atoms with van der Waals surface area (Å²) in [6.45, 7) is 12.1. The van der Waals surface area contributed by atoms with Gasteiger partial charge in [-0.15, -0.1) is 0 Å². The minimum Gasteiger partial charge on any atom is -0.377 e. The van der Waals surface area contributed by atoms with Gasteiger partial charge in [0, 0.05) is 56.1 Å². The van der Waals surface area contributed by atoms with Crippen LogP contribution in [0.3, 0.4) is 0 Å². The Bertz CT molecular complexity index is 1970. The summed E-state index contributed by atoms with van der Waals surface area (Å²) in [5, 5.41) is 16.1. The van der Waals surface area contributed by atoms with Crippen molar-refractivity contribution in [3.63, 3.8) is 0 Å². The number of hydrogen-bond acceptors (Lipinski definition) is 9. The molecule has 1 spiro atoms. The van der Waals surface area contributed by atoms with Gasteiger partial charge in [-0.2, -0.15) is 0 Å². The van der Waals surface area contributed by atoms with E-state index in [1.54, 1.807) is 11.0 Å². The topological polar surface area (TPSA) is 189 Å². The van der Waals surface area contributed by atoms with Crippen molar-refractivity contribution in [2.45, 2.75) is 78.8 Å². The quantitative estimate of drug-likeness (QED) is 0.0643. The average molecular weight is 816 g/mol. The number of carbonyl (C=O) groups is 3. The Hall–Kier alpha value is -4.21. The molecule has 4 fully saturated rings. The highest BCUT2D eigenvalue weighted by Crippen LogP contribution is 2.93. The number of quaternary nitrogens is 1. The van der Waals surface area contributed by atoms with E-state index in [1.165, 1.54) is 31.9 Å². The normalized spacial score (nSPS) is 24.7. The van der Waals surface area contributed by atoms with E-state index in [9.17, 15) is 19.2 Å². The maximum absolute atomic E-state index is 13.6. The van der Waals surface area contributed by atoms with Crippen LogP contribution in [0.15, 0.2) is 29.1 Å². The Kier molecular flexibility index (Phi) is 13.5. The highest BCUT2D eigenvalue weighted by Gasteiger charge is 2.87. The first-order valence-electron chi connectivity index (χ1n) is 21.5. The van der Waals surface area contributed by atoms with Crippen LogP contribution in [-0.4, -0.2) is 112 Å². The number of benzene rings is 1. The molecule has 6 N–H and O–H groups in total. The van der Waals surface area contributed by atoms with Crippen molar-refractivity contribution in [1.82, 2.24) is 20.5 Å². The zero-order valence-corrected chi connectivity index (χ0v) is 35.2. The zero-order valence-electron chi connectivity index (χ0n) is 35.2. The molecule has 14 heteroatoms. The van der Waals surface area contributed by atoms with Crippen molar-refractivity contribution in [2.24, 2.45) is 28.6 Å². The smallest absolute Gasteiger partial charge is 0.253 e. The van der Waals surface area contributed by atoms with Crippen molar-refractivity contribution in [3.8, 4) is 0 Å². The number of ether oxygens (including phenoxy) is 4. The molecule has 4 saturated carbocycles. The number of aromatic amines is 1. The van der Waals surface area contributed by atoms with E-state index < -0.39 is 0 Å². The van der Waals surface area contributed by atoms with Gasteiger partial charge in [0.15, 0.2) is 0 Å². The second kappa shape index (κ2) is 18.6. The van der Waals surface area contributed by atoms with Crippen LogP contribution < -0.4 is 21.5 Å². The molecule has 1 aromatic heterocycles. The Balaban J connectivity index is 0.752. The summed E-state index contributed by atoms with van der Waals surface area (Å²) >= 11 is 0. The van der Waals surface area contributed by atoms with Crippen molar-refractivity contribution >= 4 is 35.2 Å². The molecule has 1 aromatic carbocycles. The van der Waals surface area contributed by atoms with E-state index >= 15 is 0 Å². The fourth-order valence-electron chi connectivity index (χ4n) is 11.2. The monoisotopic (exact) mass is 815 g/mol. The molecule has 1 aliphatic heterocycles. The van der Waals surface area contributed by atoms with Crippen LogP contribution in [0.4, 0.5) is 5.69 Å². The number of aromatic nitrogens is 1. The van der Waals surface area contributed by atoms with Gasteiger partial charge in [0.05, 0.1) is 63.4 Å². The summed E-state index contributed by atoms with van der Waals surface area (Å²) in [5.74, 6) is 2.49. The fourth-order valence-corrected chi connectivity index (χ4v) is 11.2. The minimum atomic E-state index is -0.365. The lowest BCUT2D eigenvalue weighted by molar-refractivity contribution is -0.603. The van der Waals surface area contributed by atoms with Crippen LogP contribution in [0.25, 0.3) is 5.57 Å². The molecule has 320 valence electrons. The predicted molar refractivity (Wildman–Crippen MR) is 223 cm³/mol. The number of rotatable bonds is 23. The summed E-state index contributed by atoms with van der Waals surface area (Å²) in [4.78, 5) is 56.2. The molecular formula is C45H63N6O8+. The molecule has 2 atom stereocenters. The first-order chi connectivity index (χ1) is 28.5. The number of aryl methyl sites for hydroxylation is 2. The van der Waals surface area contributed by atoms with E-state index in [4.69, 9.17) is 24.4 Å². The maximum atomic E-state index is 13.6. The number of hydrogen-bond donors (Lipinski definition) is 5. The predicted octanol–water partition coefficient (Wildman–Crippen LogP) is 3.15. The second-order valence-corrected chi connectivity index (χ2v) is 17.6. The van der Waals surface area contributed by atoms with Gasteiger partial charge in [-0.3, -0.25) is 19.2 Å². The van der Waals surface area contributed by atoms with E-state index in [1.807, 2.05) is 51.2 Å². The lowest BCUT2D eigenvalue weighted by Crippen LogP contribution is -2.85. The maximum Gasteiger partial charge on any atom is 0.253 e. The van der Waals surface area contributed by atoms with Gasteiger partial charge in [-0.25, -0.2) is 0 Å². The highest BCUT2D eigenvalue weighted by molar-refractivity contribution is 6.05. The molecule has 5 aliphatic rings. The Labute approximate surface area is 347 Å². The largest absolute Gasteiger partial charge is 0.377 e. The summed E-state index contributed by atoms with van der Waals surface area (Å²) in [7, 11) is 0. The molecule has 0 radical (unpaired) electrons. The van der Waals surface area contributed by atoms with E-state index in [0.717, 1.165) is 45.8 Å². The summed E-state index contributed by atoms with van der Waals surface area (Å²) in [6.07, 6.45) is 9.90. The number of H-pyrrole nitrogens is 1. The van der Waals surface area contributed by atoms with Crippen LogP contribution in [0.5, 0.6) is 0 Å². The standard InChI is InChI=1S/C45H62N6O8/c1-28(2)49-39-19-32(18-36(37(39)25-46)42(54)48-26-38-29(3)17-30(4)50-43(38)55)31-5-8-51(9-6-31)41(53)27-59-16-15-58-14-13-57-12-11-56-10-7-47-40(52)24-44-22-34-20-33-21-35(23-44)45(33,34)44/h5,17-19,25,28,33-35,46,49H,6-16,20-24,26-27H2,1-4H3,(H,47,52)(H,48,54)(H,50,55)/p+1. The number of nitrogens with one attached hydrogen (secondary N) is 4. The Morgan fingerprint density at radius 2 is 1.63 bits per heavy atom. The van der Waals surface area contributed by atoms with Crippen LogP contribution in [0, 0.1) is 47.8 Å². The van der Waals surface area contributed by atoms with Gasteiger partial charge >= 0.3 is 0 Å². The fraction of sp³-hybridized carbons (Fsp3) is 0.622.